The molecule has 0 atom stereocenters. The predicted octanol–water partition coefficient (Wildman–Crippen LogP) is 2.78. The van der Waals surface area contributed by atoms with Crippen molar-refractivity contribution in [3.8, 4) is 0 Å². The first kappa shape index (κ1) is 13.1. The summed E-state index contributed by atoms with van der Waals surface area (Å²) in [7, 11) is -0.769. The van der Waals surface area contributed by atoms with E-state index in [-0.39, 0.29) is 0 Å². The van der Waals surface area contributed by atoms with Crippen LogP contribution < -0.4 is 5.46 Å². The number of fused-ring (bicyclic) bond motifs is 1. The minimum absolute atomic E-state index is 0.504. The Bertz CT molecular complexity index is 586. The summed E-state index contributed by atoms with van der Waals surface area (Å²) >= 11 is 3.44. The molecular formula is C14H13BO2S2. The lowest BCUT2D eigenvalue weighted by Gasteiger charge is -2.05. The van der Waals surface area contributed by atoms with Gasteiger partial charge in [0, 0.05) is 14.7 Å². The summed E-state index contributed by atoms with van der Waals surface area (Å²) in [6, 6.07) is 14.6. The van der Waals surface area contributed by atoms with Crippen LogP contribution in [0.2, 0.25) is 0 Å². The molecule has 2 aromatic rings. The van der Waals surface area contributed by atoms with E-state index in [1.165, 1.54) is 9.79 Å². The lowest BCUT2D eigenvalue weighted by Crippen LogP contribution is -2.27. The highest BCUT2D eigenvalue weighted by atomic mass is 32.2. The third kappa shape index (κ3) is 2.84. The van der Waals surface area contributed by atoms with Crippen LogP contribution in [-0.4, -0.2) is 18.4 Å². The molecule has 1 N–H and O–H groups in total. The molecule has 0 aromatic heterocycles. The molecule has 1 heterocycles. The molecule has 0 unspecified atom stereocenters. The zero-order valence-corrected chi connectivity index (χ0v) is 12.1. The molecule has 0 saturated carbocycles. The summed E-state index contributed by atoms with van der Waals surface area (Å²) in [5, 5.41) is 9.71. The van der Waals surface area contributed by atoms with E-state index in [4.69, 9.17) is 4.65 Å². The van der Waals surface area contributed by atoms with Gasteiger partial charge in [-0.1, -0.05) is 17.8 Å². The molecule has 0 radical (unpaired) electrons. The van der Waals surface area contributed by atoms with Gasteiger partial charge in [0.25, 0.3) is 0 Å². The minimum atomic E-state index is -0.769. The molecule has 0 saturated heterocycles. The van der Waals surface area contributed by atoms with Gasteiger partial charge in [0.15, 0.2) is 0 Å². The van der Waals surface area contributed by atoms with Gasteiger partial charge in [0.2, 0.25) is 0 Å². The number of rotatable bonds is 3. The Balaban J connectivity index is 1.81. The highest BCUT2D eigenvalue weighted by molar-refractivity contribution is 7.99. The number of thioether (sulfide) groups is 1. The summed E-state index contributed by atoms with van der Waals surface area (Å²) in [6.45, 7) is 0.504. The van der Waals surface area contributed by atoms with Crippen LogP contribution in [0.25, 0.3) is 0 Å². The van der Waals surface area contributed by atoms with Gasteiger partial charge in [-0.25, -0.2) is 0 Å². The van der Waals surface area contributed by atoms with Crippen molar-refractivity contribution in [2.24, 2.45) is 0 Å². The Hall–Kier alpha value is -0.875. The summed E-state index contributed by atoms with van der Waals surface area (Å²) in [5.74, 6) is 0. The van der Waals surface area contributed by atoms with Gasteiger partial charge in [0.05, 0.1) is 6.61 Å². The van der Waals surface area contributed by atoms with Crippen LogP contribution in [0, 0.1) is 0 Å². The van der Waals surface area contributed by atoms with Crippen LogP contribution >= 0.6 is 23.5 Å². The van der Waals surface area contributed by atoms with E-state index in [0.717, 1.165) is 15.9 Å². The van der Waals surface area contributed by atoms with E-state index in [9.17, 15) is 5.02 Å². The molecule has 0 fully saturated rings. The summed E-state index contributed by atoms with van der Waals surface area (Å²) in [6.07, 6.45) is 2.07. The average Bonchev–Trinajstić information content (AvgIpc) is 2.81. The fourth-order valence-electron chi connectivity index (χ4n) is 2.04. The van der Waals surface area contributed by atoms with Gasteiger partial charge in [0.1, 0.15) is 0 Å². The Morgan fingerprint density at radius 2 is 1.74 bits per heavy atom. The SMILES string of the molecule is CSc1ccc(Sc2ccc3c(c2)B(O)OC3)cc1. The minimum Gasteiger partial charge on any atom is -0.423 e. The molecule has 0 spiro atoms. The Morgan fingerprint density at radius 3 is 2.47 bits per heavy atom. The normalized spacial score (nSPS) is 13.7. The van der Waals surface area contributed by atoms with Crippen LogP contribution in [0.15, 0.2) is 57.2 Å². The van der Waals surface area contributed by atoms with E-state index in [1.54, 1.807) is 23.5 Å². The second-order valence-electron chi connectivity index (χ2n) is 4.30. The number of hydrogen-bond donors (Lipinski definition) is 1. The topological polar surface area (TPSA) is 29.5 Å². The van der Waals surface area contributed by atoms with Crippen LogP contribution in [0.5, 0.6) is 0 Å². The van der Waals surface area contributed by atoms with Gasteiger partial charge in [-0.3, -0.25) is 0 Å². The van der Waals surface area contributed by atoms with E-state index >= 15 is 0 Å². The zero-order valence-electron chi connectivity index (χ0n) is 10.5. The van der Waals surface area contributed by atoms with Crippen molar-refractivity contribution in [1.29, 1.82) is 0 Å². The molecule has 3 rings (SSSR count). The Morgan fingerprint density at radius 1 is 1.05 bits per heavy atom. The lowest BCUT2D eigenvalue weighted by atomic mass is 9.80. The molecule has 5 heteroatoms. The number of hydrogen-bond acceptors (Lipinski definition) is 4. The van der Waals surface area contributed by atoms with E-state index < -0.39 is 7.12 Å². The average molecular weight is 288 g/mol. The first-order valence-electron chi connectivity index (χ1n) is 6.00. The van der Waals surface area contributed by atoms with Gasteiger partial charge in [-0.2, -0.15) is 0 Å². The lowest BCUT2D eigenvalue weighted by molar-refractivity contribution is 0.275. The zero-order chi connectivity index (χ0) is 13.2. The second kappa shape index (κ2) is 5.63. The van der Waals surface area contributed by atoms with Crippen molar-refractivity contribution in [3.05, 3.63) is 48.0 Å². The van der Waals surface area contributed by atoms with Gasteiger partial charge in [-0.15, -0.1) is 11.8 Å². The van der Waals surface area contributed by atoms with Crippen molar-refractivity contribution >= 4 is 36.1 Å². The maximum atomic E-state index is 9.71. The Kier molecular flexibility index (Phi) is 3.89. The van der Waals surface area contributed by atoms with Crippen molar-refractivity contribution in [2.45, 2.75) is 21.3 Å². The summed E-state index contributed by atoms with van der Waals surface area (Å²) < 4.78 is 5.20. The molecule has 96 valence electrons. The first-order valence-corrected chi connectivity index (χ1v) is 8.05. The van der Waals surface area contributed by atoms with Gasteiger partial charge < -0.3 is 9.68 Å². The van der Waals surface area contributed by atoms with Crippen molar-refractivity contribution in [3.63, 3.8) is 0 Å². The summed E-state index contributed by atoms with van der Waals surface area (Å²) in [4.78, 5) is 3.59. The largest absolute Gasteiger partial charge is 0.491 e. The fourth-order valence-corrected chi connectivity index (χ4v) is 3.31. The van der Waals surface area contributed by atoms with Crippen LogP contribution in [0.3, 0.4) is 0 Å². The predicted molar refractivity (Wildman–Crippen MR) is 81.2 cm³/mol. The molecule has 0 aliphatic carbocycles. The molecule has 2 aromatic carbocycles. The van der Waals surface area contributed by atoms with Crippen LogP contribution in [0.1, 0.15) is 5.56 Å². The maximum absolute atomic E-state index is 9.71. The maximum Gasteiger partial charge on any atom is 0.491 e. The highest BCUT2D eigenvalue weighted by Gasteiger charge is 2.27. The third-order valence-corrected chi connectivity index (χ3v) is 4.82. The van der Waals surface area contributed by atoms with Crippen molar-refractivity contribution in [2.75, 3.05) is 6.26 Å². The smallest absolute Gasteiger partial charge is 0.423 e. The van der Waals surface area contributed by atoms with E-state index in [2.05, 4.69) is 36.6 Å². The standard InChI is InChI=1S/C14H13BO2S2/c1-18-11-4-6-12(7-5-11)19-13-3-2-10-9-17-15(16)14(10)8-13/h2-8,16H,9H2,1H3. The second-order valence-corrected chi connectivity index (χ2v) is 6.33. The monoisotopic (exact) mass is 288 g/mol. The van der Waals surface area contributed by atoms with Crippen molar-refractivity contribution < 1.29 is 9.68 Å². The first-order chi connectivity index (χ1) is 9.26. The third-order valence-electron chi connectivity index (χ3n) is 3.08. The highest BCUT2D eigenvalue weighted by Crippen LogP contribution is 2.29. The molecule has 1 aliphatic heterocycles. The number of benzene rings is 2. The molecular weight excluding hydrogens is 275 g/mol. The van der Waals surface area contributed by atoms with Crippen LogP contribution in [-0.2, 0) is 11.3 Å². The molecule has 0 bridgehead atoms. The van der Waals surface area contributed by atoms with E-state index in [1.807, 2.05) is 12.1 Å². The fraction of sp³-hybridized carbons (Fsp3) is 0.143. The van der Waals surface area contributed by atoms with E-state index in [0.29, 0.717) is 6.61 Å². The molecule has 1 aliphatic rings. The van der Waals surface area contributed by atoms with Crippen molar-refractivity contribution in [1.82, 2.24) is 0 Å². The summed E-state index contributed by atoms with van der Waals surface area (Å²) in [5.41, 5.74) is 1.97. The van der Waals surface area contributed by atoms with Crippen LogP contribution in [0.4, 0.5) is 0 Å². The molecule has 2 nitrogen and oxygen atoms in total. The molecule has 0 amide bonds. The van der Waals surface area contributed by atoms with Gasteiger partial charge in [-0.05, 0) is 53.7 Å². The Labute approximate surface area is 121 Å². The quantitative estimate of drug-likeness (QED) is 0.694. The molecule has 19 heavy (non-hydrogen) atoms. The van der Waals surface area contributed by atoms with Gasteiger partial charge >= 0.3 is 7.12 Å².